The lowest BCUT2D eigenvalue weighted by Gasteiger charge is -2.17. The summed E-state index contributed by atoms with van der Waals surface area (Å²) in [6, 6.07) is 3.33. The van der Waals surface area contributed by atoms with Crippen LogP contribution in [0.2, 0.25) is 0 Å². The Morgan fingerprint density at radius 2 is 1.97 bits per heavy atom. The van der Waals surface area contributed by atoms with Gasteiger partial charge in [0.1, 0.15) is 23.5 Å². The minimum atomic E-state index is -3.84. The molecule has 172 valence electrons. The molecule has 0 amide bonds. The van der Waals surface area contributed by atoms with Gasteiger partial charge in [-0.3, -0.25) is 4.98 Å². The van der Waals surface area contributed by atoms with Crippen LogP contribution in [-0.4, -0.2) is 55.4 Å². The zero-order valence-corrected chi connectivity index (χ0v) is 18.9. The van der Waals surface area contributed by atoms with Gasteiger partial charge in [-0.15, -0.1) is 0 Å². The summed E-state index contributed by atoms with van der Waals surface area (Å²) in [5.41, 5.74) is 0.0333. The number of nitrogens with one attached hydrogen (secondary N) is 1. The lowest BCUT2D eigenvalue weighted by atomic mass is 9.98. The number of hydrogen-bond acceptors (Lipinski definition) is 6. The van der Waals surface area contributed by atoms with Gasteiger partial charge in [-0.05, 0) is 34.1 Å². The SMILES string of the molecule is CS(=O)(=O)N[C@@H]1CN(C2=NOC(c3ncc(Br)cc3-c3c(F)cccc3F)C2)CC1(F)F. The van der Waals surface area contributed by atoms with Gasteiger partial charge in [0.15, 0.2) is 6.10 Å². The molecule has 1 aromatic heterocycles. The molecule has 4 rings (SSSR count). The molecule has 7 nitrogen and oxygen atoms in total. The highest BCUT2D eigenvalue weighted by molar-refractivity contribution is 9.10. The van der Waals surface area contributed by atoms with Crippen LogP contribution in [0.5, 0.6) is 0 Å². The minimum Gasteiger partial charge on any atom is -0.384 e. The number of amidine groups is 1. The van der Waals surface area contributed by atoms with Gasteiger partial charge in [0.05, 0.1) is 30.5 Å². The Morgan fingerprint density at radius 1 is 1.28 bits per heavy atom. The lowest BCUT2D eigenvalue weighted by Crippen LogP contribution is -2.46. The van der Waals surface area contributed by atoms with Crippen LogP contribution >= 0.6 is 15.9 Å². The first-order chi connectivity index (χ1) is 14.9. The molecule has 1 N–H and O–H groups in total. The smallest absolute Gasteiger partial charge is 0.282 e. The van der Waals surface area contributed by atoms with Crippen LogP contribution in [0.15, 0.2) is 40.1 Å². The van der Waals surface area contributed by atoms with Gasteiger partial charge in [0, 0.05) is 22.8 Å². The van der Waals surface area contributed by atoms with Crippen LogP contribution in [0.1, 0.15) is 18.2 Å². The fraction of sp³-hybridized carbons (Fsp3) is 0.368. The summed E-state index contributed by atoms with van der Waals surface area (Å²) in [5.74, 6) is -4.74. The van der Waals surface area contributed by atoms with E-state index >= 15 is 0 Å². The normalized spacial score (nSPS) is 22.7. The highest BCUT2D eigenvalue weighted by Crippen LogP contribution is 2.39. The number of oxime groups is 1. The third-order valence-electron chi connectivity index (χ3n) is 5.11. The predicted molar refractivity (Wildman–Crippen MR) is 111 cm³/mol. The molecule has 0 saturated carbocycles. The van der Waals surface area contributed by atoms with Crippen molar-refractivity contribution in [2.45, 2.75) is 24.5 Å². The fourth-order valence-corrected chi connectivity index (χ4v) is 4.82. The number of nitrogens with zero attached hydrogens (tertiary/aromatic N) is 3. The molecule has 3 heterocycles. The average molecular weight is 537 g/mol. The van der Waals surface area contributed by atoms with Crippen LogP contribution in [0.4, 0.5) is 17.6 Å². The second-order valence-electron chi connectivity index (χ2n) is 7.57. The van der Waals surface area contributed by atoms with Crippen molar-refractivity contribution >= 4 is 31.8 Å². The summed E-state index contributed by atoms with van der Waals surface area (Å²) in [5, 5.41) is 3.87. The first-order valence-electron chi connectivity index (χ1n) is 9.37. The molecule has 0 radical (unpaired) electrons. The molecule has 32 heavy (non-hydrogen) atoms. The first-order valence-corrected chi connectivity index (χ1v) is 12.1. The summed E-state index contributed by atoms with van der Waals surface area (Å²) >= 11 is 3.24. The molecule has 2 aliphatic heterocycles. The van der Waals surface area contributed by atoms with Crippen LogP contribution in [0.3, 0.4) is 0 Å². The van der Waals surface area contributed by atoms with E-state index in [1.54, 1.807) is 0 Å². The Hall–Kier alpha value is -2.25. The first kappa shape index (κ1) is 22.9. The van der Waals surface area contributed by atoms with Crippen molar-refractivity contribution in [1.82, 2.24) is 14.6 Å². The quantitative estimate of drug-likeness (QED) is 0.605. The third kappa shape index (κ3) is 4.59. The molecule has 1 unspecified atom stereocenters. The molecule has 13 heteroatoms. The van der Waals surface area contributed by atoms with Gasteiger partial charge in [-0.25, -0.2) is 30.7 Å². The van der Waals surface area contributed by atoms with E-state index < -0.39 is 46.3 Å². The maximum atomic E-state index is 14.4. The molecular formula is C19H17BrF4N4O3S. The van der Waals surface area contributed by atoms with E-state index in [1.165, 1.54) is 23.2 Å². The van der Waals surface area contributed by atoms with E-state index in [0.717, 1.165) is 18.4 Å². The van der Waals surface area contributed by atoms with Crippen molar-refractivity contribution < 1.29 is 30.8 Å². The predicted octanol–water partition coefficient (Wildman–Crippen LogP) is 3.43. The van der Waals surface area contributed by atoms with E-state index in [0.29, 0.717) is 4.47 Å². The fourth-order valence-electron chi connectivity index (χ4n) is 3.72. The summed E-state index contributed by atoms with van der Waals surface area (Å²) < 4.78 is 82.7. The molecule has 2 aromatic rings. The topological polar surface area (TPSA) is 83.9 Å². The van der Waals surface area contributed by atoms with E-state index in [4.69, 9.17) is 4.84 Å². The van der Waals surface area contributed by atoms with Crippen LogP contribution < -0.4 is 4.72 Å². The Bertz CT molecular complexity index is 1170. The number of aromatic nitrogens is 1. The molecule has 1 aromatic carbocycles. The van der Waals surface area contributed by atoms with Gasteiger partial charge in [-0.2, -0.15) is 0 Å². The third-order valence-corrected chi connectivity index (χ3v) is 6.26. The van der Waals surface area contributed by atoms with Crippen LogP contribution in [0.25, 0.3) is 11.1 Å². The van der Waals surface area contributed by atoms with Crippen molar-refractivity contribution in [3.63, 3.8) is 0 Å². The summed E-state index contributed by atoms with van der Waals surface area (Å²) in [4.78, 5) is 10.9. The van der Waals surface area contributed by atoms with Crippen molar-refractivity contribution in [1.29, 1.82) is 0 Å². The molecule has 0 spiro atoms. The van der Waals surface area contributed by atoms with Crippen molar-refractivity contribution in [2.24, 2.45) is 5.16 Å². The maximum absolute atomic E-state index is 14.4. The van der Waals surface area contributed by atoms with E-state index in [9.17, 15) is 26.0 Å². The van der Waals surface area contributed by atoms with Crippen molar-refractivity contribution in [3.05, 3.63) is 52.3 Å². The van der Waals surface area contributed by atoms with Gasteiger partial charge in [0.2, 0.25) is 10.0 Å². The number of pyridine rings is 1. The van der Waals surface area contributed by atoms with Crippen LogP contribution in [0, 0.1) is 11.6 Å². The lowest BCUT2D eigenvalue weighted by molar-refractivity contribution is -0.00123. The second kappa shape index (κ2) is 8.27. The molecule has 0 aliphatic carbocycles. The van der Waals surface area contributed by atoms with Gasteiger partial charge >= 0.3 is 0 Å². The van der Waals surface area contributed by atoms with Crippen molar-refractivity contribution in [2.75, 3.05) is 19.3 Å². The van der Waals surface area contributed by atoms with Gasteiger partial charge in [-0.1, -0.05) is 11.2 Å². The molecular weight excluding hydrogens is 520 g/mol. The van der Waals surface area contributed by atoms with E-state index in [2.05, 4.69) is 26.1 Å². The van der Waals surface area contributed by atoms with Gasteiger partial charge < -0.3 is 9.74 Å². The monoisotopic (exact) mass is 536 g/mol. The highest BCUT2D eigenvalue weighted by Gasteiger charge is 2.51. The number of likely N-dealkylation sites (tertiary alicyclic amines) is 1. The summed E-state index contributed by atoms with van der Waals surface area (Å²) in [6.07, 6.45) is 1.37. The zero-order chi connectivity index (χ0) is 23.3. The number of alkyl halides is 2. The van der Waals surface area contributed by atoms with Gasteiger partial charge in [0.25, 0.3) is 5.92 Å². The number of rotatable bonds is 4. The second-order valence-corrected chi connectivity index (χ2v) is 10.3. The minimum absolute atomic E-state index is 0.0133. The molecule has 1 fully saturated rings. The molecule has 2 atom stereocenters. The number of sulfonamides is 1. The zero-order valence-electron chi connectivity index (χ0n) is 16.5. The number of benzene rings is 1. The molecule has 2 aliphatic rings. The summed E-state index contributed by atoms with van der Waals surface area (Å²) in [7, 11) is -3.84. The summed E-state index contributed by atoms with van der Waals surface area (Å²) in [6.45, 7) is -1.06. The number of halogens is 5. The van der Waals surface area contributed by atoms with Crippen molar-refractivity contribution in [3.8, 4) is 11.1 Å². The molecule has 0 bridgehead atoms. The van der Waals surface area contributed by atoms with E-state index in [1.807, 2.05) is 4.72 Å². The average Bonchev–Trinajstić information content (AvgIpc) is 3.25. The highest BCUT2D eigenvalue weighted by atomic mass is 79.9. The Kier molecular flexibility index (Phi) is 5.92. The largest absolute Gasteiger partial charge is 0.384 e. The Morgan fingerprint density at radius 3 is 2.62 bits per heavy atom. The Labute approximate surface area is 189 Å². The maximum Gasteiger partial charge on any atom is 0.282 e. The van der Waals surface area contributed by atoms with E-state index in [-0.39, 0.29) is 35.6 Å². The Balaban J connectivity index is 1.58. The molecule has 1 saturated heterocycles. The standard InChI is InChI=1S/C19H17BrF4N4O3S/c1-32(29,30)27-15-8-28(9-19(15,23)24)16-6-14(31-26-16)18-11(5-10(20)7-25-18)17-12(21)3-2-4-13(17)22/h2-5,7,14-15,27H,6,8-9H2,1H3/t14?,15-/m1/s1. The number of hydrogen-bond donors (Lipinski definition) is 1. The van der Waals surface area contributed by atoms with Crippen LogP contribution in [-0.2, 0) is 14.9 Å².